The number of benzene rings is 1. The minimum atomic E-state index is 0.0731. The number of hydrogen-bond donors (Lipinski definition) is 1. The maximum Gasteiger partial charge on any atom is 0.234 e. The van der Waals surface area contributed by atoms with E-state index in [1.807, 2.05) is 44.2 Å². The molecule has 0 aliphatic rings. The zero-order valence-corrected chi connectivity index (χ0v) is 13.3. The largest absolute Gasteiger partial charge is 0.353 e. The Bertz CT molecular complexity index is 403. The summed E-state index contributed by atoms with van der Waals surface area (Å²) in [5, 5.41) is 3.03. The van der Waals surface area contributed by atoms with E-state index in [-0.39, 0.29) is 11.9 Å². The lowest BCUT2D eigenvalue weighted by atomic mass is 10.1. The molecule has 0 unspecified atom stereocenters. The van der Waals surface area contributed by atoms with E-state index in [0.29, 0.717) is 19.1 Å². The molecule has 0 aliphatic heterocycles. The molecule has 0 heterocycles. The number of rotatable bonds is 7. The molecule has 0 aliphatic carbocycles. The normalized spacial score (nSPS) is 13.0. The van der Waals surface area contributed by atoms with Crippen molar-refractivity contribution in [1.29, 1.82) is 0 Å². The van der Waals surface area contributed by atoms with Gasteiger partial charge in [-0.3, -0.25) is 9.69 Å². The quantitative estimate of drug-likeness (QED) is 0.825. The summed E-state index contributed by atoms with van der Waals surface area (Å²) in [6.07, 6.45) is 0. The molecule has 4 heteroatoms. The van der Waals surface area contributed by atoms with E-state index >= 15 is 0 Å². The molecule has 0 saturated heterocycles. The van der Waals surface area contributed by atoms with Gasteiger partial charge in [0, 0.05) is 12.6 Å². The van der Waals surface area contributed by atoms with Crippen LogP contribution < -0.4 is 5.32 Å². The minimum Gasteiger partial charge on any atom is -0.353 e. The van der Waals surface area contributed by atoms with Crippen molar-refractivity contribution >= 4 is 5.91 Å². The van der Waals surface area contributed by atoms with Gasteiger partial charge in [-0.05, 0) is 40.6 Å². The van der Waals surface area contributed by atoms with Crippen LogP contribution in [0.25, 0.3) is 0 Å². The number of nitrogens with zero attached hydrogens (tertiary/aromatic N) is 2. The Morgan fingerprint density at radius 3 is 2.25 bits per heavy atom. The third kappa shape index (κ3) is 5.31. The van der Waals surface area contributed by atoms with Crippen molar-refractivity contribution in [2.75, 3.05) is 34.2 Å². The van der Waals surface area contributed by atoms with E-state index in [1.165, 1.54) is 5.56 Å². The van der Waals surface area contributed by atoms with Crippen LogP contribution in [-0.4, -0.2) is 56.0 Å². The molecule has 1 aromatic carbocycles. The minimum absolute atomic E-state index is 0.0731. The average Bonchev–Trinajstić information content (AvgIpc) is 2.39. The topological polar surface area (TPSA) is 35.6 Å². The van der Waals surface area contributed by atoms with Gasteiger partial charge in [0.15, 0.2) is 0 Å². The number of hydrogen-bond acceptors (Lipinski definition) is 3. The van der Waals surface area contributed by atoms with Crippen molar-refractivity contribution in [1.82, 2.24) is 15.1 Å². The Balaban J connectivity index is 2.54. The lowest BCUT2D eigenvalue weighted by Crippen LogP contribution is -2.41. The van der Waals surface area contributed by atoms with Crippen LogP contribution in [0, 0.1) is 0 Å². The van der Waals surface area contributed by atoms with Crippen molar-refractivity contribution < 1.29 is 4.79 Å². The van der Waals surface area contributed by atoms with Gasteiger partial charge < -0.3 is 10.2 Å². The van der Waals surface area contributed by atoms with Crippen molar-refractivity contribution in [3.63, 3.8) is 0 Å². The van der Waals surface area contributed by atoms with Gasteiger partial charge in [0.25, 0.3) is 0 Å². The van der Waals surface area contributed by atoms with E-state index in [2.05, 4.69) is 36.2 Å². The Hall–Kier alpha value is -1.39. The standard InChI is InChI=1S/C16H27N3O/c1-13(2)19(5)12-16(20)17-11-15(18(3)4)14-9-7-6-8-10-14/h6-10,13,15H,11-12H2,1-5H3,(H,17,20)/t15-/m0/s1. The Kier molecular flexibility index (Phi) is 6.68. The predicted octanol–water partition coefficient (Wildman–Crippen LogP) is 1.75. The van der Waals surface area contributed by atoms with Gasteiger partial charge in [-0.2, -0.15) is 0 Å². The second-order valence-electron chi connectivity index (χ2n) is 5.70. The summed E-state index contributed by atoms with van der Waals surface area (Å²) >= 11 is 0. The second kappa shape index (κ2) is 8.02. The first-order chi connectivity index (χ1) is 9.41. The molecule has 20 heavy (non-hydrogen) atoms. The summed E-state index contributed by atoms with van der Waals surface area (Å²) < 4.78 is 0. The highest BCUT2D eigenvalue weighted by atomic mass is 16.2. The van der Waals surface area contributed by atoms with Gasteiger partial charge in [0.05, 0.1) is 12.6 Å². The maximum absolute atomic E-state index is 11.9. The van der Waals surface area contributed by atoms with Gasteiger partial charge in [-0.25, -0.2) is 0 Å². The molecule has 0 fully saturated rings. The van der Waals surface area contributed by atoms with Crippen molar-refractivity contribution in [2.45, 2.75) is 25.9 Å². The van der Waals surface area contributed by atoms with Gasteiger partial charge in [0.2, 0.25) is 5.91 Å². The van der Waals surface area contributed by atoms with Crippen LogP contribution >= 0.6 is 0 Å². The van der Waals surface area contributed by atoms with Crippen LogP contribution in [0.3, 0.4) is 0 Å². The number of carbonyl (C=O) groups excluding carboxylic acids is 1. The van der Waals surface area contributed by atoms with Crippen LogP contribution in [0.1, 0.15) is 25.5 Å². The Morgan fingerprint density at radius 2 is 1.75 bits per heavy atom. The monoisotopic (exact) mass is 277 g/mol. The maximum atomic E-state index is 11.9. The van der Waals surface area contributed by atoms with Crippen LogP contribution in [0.2, 0.25) is 0 Å². The summed E-state index contributed by atoms with van der Waals surface area (Å²) in [4.78, 5) is 16.1. The molecule has 1 amide bonds. The summed E-state index contributed by atoms with van der Waals surface area (Å²) in [6, 6.07) is 10.8. The lowest BCUT2D eigenvalue weighted by Gasteiger charge is -2.26. The van der Waals surface area contributed by atoms with Gasteiger partial charge in [-0.1, -0.05) is 30.3 Å². The molecular formula is C16H27N3O. The van der Waals surface area contributed by atoms with E-state index in [9.17, 15) is 4.79 Å². The highest BCUT2D eigenvalue weighted by molar-refractivity contribution is 5.78. The number of nitrogens with one attached hydrogen (secondary N) is 1. The fraction of sp³-hybridized carbons (Fsp3) is 0.562. The molecule has 4 nitrogen and oxygen atoms in total. The second-order valence-corrected chi connectivity index (χ2v) is 5.70. The van der Waals surface area contributed by atoms with E-state index in [4.69, 9.17) is 0 Å². The summed E-state index contributed by atoms with van der Waals surface area (Å²) in [5.74, 6) is 0.0731. The zero-order valence-electron chi connectivity index (χ0n) is 13.3. The molecule has 1 rings (SSSR count). The first-order valence-electron chi connectivity index (χ1n) is 7.10. The molecule has 1 N–H and O–H groups in total. The molecule has 112 valence electrons. The molecule has 1 aromatic rings. The molecule has 0 radical (unpaired) electrons. The first-order valence-corrected chi connectivity index (χ1v) is 7.10. The highest BCUT2D eigenvalue weighted by Crippen LogP contribution is 2.16. The molecule has 1 atom stereocenters. The highest BCUT2D eigenvalue weighted by Gasteiger charge is 2.16. The fourth-order valence-electron chi connectivity index (χ4n) is 1.95. The summed E-state index contributed by atoms with van der Waals surface area (Å²) in [6.45, 7) is 5.23. The Morgan fingerprint density at radius 1 is 1.15 bits per heavy atom. The molecular weight excluding hydrogens is 250 g/mol. The van der Waals surface area contributed by atoms with Crippen LogP contribution in [0.5, 0.6) is 0 Å². The molecule has 0 spiro atoms. The van der Waals surface area contributed by atoms with Crippen molar-refractivity contribution in [3.05, 3.63) is 35.9 Å². The third-order valence-corrected chi connectivity index (χ3v) is 3.57. The van der Waals surface area contributed by atoms with Crippen LogP contribution in [-0.2, 0) is 4.79 Å². The third-order valence-electron chi connectivity index (χ3n) is 3.57. The molecule has 0 bridgehead atoms. The van der Waals surface area contributed by atoms with Gasteiger partial charge in [0.1, 0.15) is 0 Å². The predicted molar refractivity (Wildman–Crippen MR) is 83.6 cm³/mol. The number of carbonyl (C=O) groups is 1. The van der Waals surface area contributed by atoms with Gasteiger partial charge in [-0.15, -0.1) is 0 Å². The van der Waals surface area contributed by atoms with Crippen molar-refractivity contribution in [3.8, 4) is 0 Å². The zero-order chi connectivity index (χ0) is 15.1. The lowest BCUT2D eigenvalue weighted by molar-refractivity contribution is -0.122. The van der Waals surface area contributed by atoms with Crippen molar-refractivity contribution in [2.24, 2.45) is 0 Å². The smallest absolute Gasteiger partial charge is 0.234 e. The average molecular weight is 277 g/mol. The summed E-state index contributed by atoms with van der Waals surface area (Å²) in [5.41, 5.74) is 1.22. The fourth-order valence-corrected chi connectivity index (χ4v) is 1.95. The van der Waals surface area contributed by atoms with Gasteiger partial charge >= 0.3 is 0 Å². The van der Waals surface area contributed by atoms with E-state index < -0.39 is 0 Å². The summed E-state index contributed by atoms with van der Waals surface area (Å²) in [7, 11) is 6.03. The Labute approximate surface area is 122 Å². The van der Waals surface area contributed by atoms with Crippen LogP contribution in [0.4, 0.5) is 0 Å². The number of amides is 1. The SMILES string of the molecule is CC(C)N(C)CC(=O)NC[C@@H](c1ccccc1)N(C)C. The van der Waals surface area contributed by atoms with Crippen LogP contribution in [0.15, 0.2) is 30.3 Å². The number of likely N-dealkylation sites (N-methyl/N-ethyl adjacent to an activating group) is 2. The van der Waals surface area contributed by atoms with E-state index in [1.54, 1.807) is 0 Å². The molecule has 0 aromatic heterocycles. The van der Waals surface area contributed by atoms with E-state index in [0.717, 1.165) is 0 Å². The first kappa shape index (κ1) is 16.7. The molecule has 0 saturated carbocycles.